The Bertz CT molecular complexity index is 688. The molecule has 6 heteroatoms. The number of pyridine rings is 1. The summed E-state index contributed by atoms with van der Waals surface area (Å²) in [5.74, 6) is 2.20. The Labute approximate surface area is 132 Å². The van der Waals surface area contributed by atoms with Gasteiger partial charge in [0.1, 0.15) is 9.71 Å². The summed E-state index contributed by atoms with van der Waals surface area (Å²) in [6.07, 6.45) is 1.05. The number of nitrogens with two attached hydrogens (primary N) is 1. The van der Waals surface area contributed by atoms with Crippen molar-refractivity contribution in [3.63, 3.8) is 0 Å². The van der Waals surface area contributed by atoms with Crippen molar-refractivity contribution in [2.75, 3.05) is 30.3 Å². The Morgan fingerprint density at radius 1 is 1.33 bits per heavy atom. The zero-order valence-corrected chi connectivity index (χ0v) is 13.9. The molecule has 3 heterocycles. The van der Waals surface area contributed by atoms with E-state index in [2.05, 4.69) is 4.98 Å². The van der Waals surface area contributed by atoms with Crippen molar-refractivity contribution < 1.29 is 4.79 Å². The number of carbonyl (C=O) groups is 1. The van der Waals surface area contributed by atoms with Gasteiger partial charge in [-0.1, -0.05) is 0 Å². The van der Waals surface area contributed by atoms with Gasteiger partial charge in [-0.3, -0.25) is 4.79 Å². The zero-order valence-electron chi connectivity index (χ0n) is 12.3. The second-order valence-electron chi connectivity index (χ2n) is 5.36. The third-order valence-corrected chi connectivity index (χ3v) is 5.86. The molecule has 112 valence electrons. The number of aromatic nitrogens is 1. The summed E-state index contributed by atoms with van der Waals surface area (Å²) in [4.78, 5) is 20.7. The van der Waals surface area contributed by atoms with E-state index in [1.807, 2.05) is 36.6 Å². The van der Waals surface area contributed by atoms with Crippen LogP contribution in [0.2, 0.25) is 0 Å². The van der Waals surface area contributed by atoms with Gasteiger partial charge in [-0.05, 0) is 37.7 Å². The van der Waals surface area contributed by atoms with Crippen LogP contribution in [-0.4, -0.2) is 40.4 Å². The highest BCUT2D eigenvalue weighted by Crippen LogP contribution is 2.35. The summed E-state index contributed by atoms with van der Waals surface area (Å²) in [5, 5.41) is 0.943. The lowest BCUT2D eigenvalue weighted by molar-refractivity contribution is 0.0774. The lowest BCUT2D eigenvalue weighted by atomic mass is 10.1. The van der Waals surface area contributed by atoms with Crippen molar-refractivity contribution in [1.29, 1.82) is 0 Å². The number of aryl methyl sites for hydroxylation is 2. The zero-order chi connectivity index (χ0) is 15.0. The van der Waals surface area contributed by atoms with Crippen LogP contribution < -0.4 is 5.73 Å². The van der Waals surface area contributed by atoms with Crippen molar-refractivity contribution in [3.8, 4) is 0 Å². The number of fused-ring (bicyclic) bond motifs is 1. The van der Waals surface area contributed by atoms with Crippen LogP contribution >= 0.6 is 23.1 Å². The number of nitrogen functional groups attached to an aromatic ring is 1. The number of anilines is 1. The van der Waals surface area contributed by atoms with Crippen LogP contribution in [0.25, 0.3) is 10.2 Å². The van der Waals surface area contributed by atoms with Gasteiger partial charge in [0.2, 0.25) is 0 Å². The molecule has 0 spiro atoms. The van der Waals surface area contributed by atoms with Gasteiger partial charge in [-0.2, -0.15) is 11.8 Å². The smallest absolute Gasteiger partial charge is 0.266 e. The Balaban J connectivity index is 2.01. The van der Waals surface area contributed by atoms with E-state index in [1.54, 1.807) is 0 Å². The Morgan fingerprint density at radius 3 is 2.95 bits per heavy atom. The fourth-order valence-corrected chi connectivity index (χ4v) is 4.79. The molecule has 2 N–H and O–H groups in total. The van der Waals surface area contributed by atoms with Gasteiger partial charge < -0.3 is 10.6 Å². The van der Waals surface area contributed by atoms with Crippen LogP contribution in [0.15, 0.2) is 6.07 Å². The summed E-state index contributed by atoms with van der Waals surface area (Å²) in [7, 11) is 0. The fourth-order valence-electron chi connectivity index (χ4n) is 2.72. The fraction of sp³-hybridized carbons (Fsp3) is 0.467. The summed E-state index contributed by atoms with van der Waals surface area (Å²) in [6, 6.07) is 2.02. The molecule has 21 heavy (non-hydrogen) atoms. The topological polar surface area (TPSA) is 59.2 Å². The molecule has 0 radical (unpaired) electrons. The summed E-state index contributed by atoms with van der Waals surface area (Å²) in [5.41, 5.74) is 8.91. The van der Waals surface area contributed by atoms with E-state index >= 15 is 0 Å². The van der Waals surface area contributed by atoms with Crippen molar-refractivity contribution >= 4 is 44.9 Å². The van der Waals surface area contributed by atoms with Gasteiger partial charge in [0, 0.05) is 29.9 Å². The summed E-state index contributed by atoms with van der Waals surface area (Å²) in [6.45, 7) is 5.63. The quantitative estimate of drug-likeness (QED) is 0.877. The van der Waals surface area contributed by atoms with Crippen molar-refractivity contribution in [3.05, 3.63) is 22.2 Å². The number of nitrogens with zero attached hydrogens (tertiary/aromatic N) is 2. The van der Waals surface area contributed by atoms with E-state index in [-0.39, 0.29) is 5.91 Å². The minimum Gasteiger partial charge on any atom is -0.397 e. The molecule has 1 saturated heterocycles. The molecule has 0 bridgehead atoms. The van der Waals surface area contributed by atoms with E-state index in [4.69, 9.17) is 5.73 Å². The van der Waals surface area contributed by atoms with Gasteiger partial charge in [-0.25, -0.2) is 4.98 Å². The highest BCUT2D eigenvalue weighted by Gasteiger charge is 2.24. The molecular formula is C15H19N3OS2. The second kappa shape index (κ2) is 5.85. The van der Waals surface area contributed by atoms with E-state index in [1.165, 1.54) is 11.3 Å². The first kappa shape index (κ1) is 14.7. The van der Waals surface area contributed by atoms with Crippen LogP contribution in [0.4, 0.5) is 5.69 Å². The normalized spacial score (nSPS) is 16.2. The number of thioether (sulfide) groups is 1. The molecule has 0 aliphatic carbocycles. The molecule has 1 aliphatic rings. The molecule has 4 nitrogen and oxygen atoms in total. The third kappa shape index (κ3) is 2.74. The predicted octanol–water partition coefficient (Wildman–Crippen LogP) is 3.07. The van der Waals surface area contributed by atoms with Crippen LogP contribution in [-0.2, 0) is 0 Å². The van der Waals surface area contributed by atoms with E-state index in [0.29, 0.717) is 10.6 Å². The number of hydrogen-bond acceptors (Lipinski definition) is 5. The highest BCUT2D eigenvalue weighted by atomic mass is 32.2. The van der Waals surface area contributed by atoms with Gasteiger partial charge in [0.15, 0.2) is 0 Å². The second-order valence-corrected chi connectivity index (χ2v) is 7.59. The van der Waals surface area contributed by atoms with Gasteiger partial charge in [0.25, 0.3) is 5.91 Å². The molecule has 1 aliphatic heterocycles. The first-order valence-corrected chi connectivity index (χ1v) is 9.08. The molecule has 2 aromatic heterocycles. The number of amides is 1. The van der Waals surface area contributed by atoms with E-state index in [9.17, 15) is 4.79 Å². The SMILES string of the molecule is Cc1cc(C)c2c(N)c(C(=O)N3CCCSCC3)sc2n1. The number of hydrogen-bond donors (Lipinski definition) is 1. The van der Waals surface area contributed by atoms with Crippen molar-refractivity contribution in [2.45, 2.75) is 20.3 Å². The van der Waals surface area contributed by atoms with Crippen LogP contribution in [0.5, 0.6) is 0 Å². The minimum absolute atomic E-state index is 0.0649. The summed E-state index contributed by atoms with van der Waals surface area (Å²) < 4.78 is 0. The molecular weight excluding hydrogens is 302 g/mol. The van der Waals surface area contributed by atoms with Crippen LogP contribution in [0, 0.1) is 13.8 Å². The van der Waals surface area contributed by atoms with Crippen molar-refractivity contribution in [1.82, 2.24) is 9.88 Å². The largest absolute Gasteiger partial charge is 0.397 e. The molecule has 2 aromatic rings. The standard InChI is InChI=1S/C15H19N3OS2/c1-9-8-10(2)17-14-11(9)12(16)13(21-14)15(19)18-4-3-6-20-7-5-18/h8H,3-7,16H2,1-2H3. The maximum absolute atomic E-state index is 12.8. The number of rotatable bonds is 1. The van der Waals surface area contributed by atoms with Gasteiger partial charge in [0.05, 0.1) is 5.69 Å². The predicted molar refractivity (Wildman–Crippen MR) is 91.4 cm³/mol. The van der Waals surface area contributed by atoms with Gasteiger partial charge >= 0.3 is 0 Å². The average molecular weight is 321 g/mol. The van der Waals surface area contributed by atoms with Gasteiger partial charge in [-0.15, -0.1) is 11.3 Å². The Hall–Kier alpha value is -1.27. The monoisotopic (exact) mass is 321 g/mol. The van der Waals surface area contributed by atoms with Crippen LogP contribution in [0.3, 0.4) is 0 Å². The van der Waals surface area contributed by atoms with Crippen molar-refractivity contribution in [2.24, 2.45) is 0 Å². The number of carbonyl (C=O) groups excluding carboxylic acids is 1. The minimum atomic E-state index is 0.0649. The molecule has 1 fully saturated rings. The Morgan fingerprint density at radius 2 is 2.14 bits per heavy atom. The highest BCUT2D eigenvalue weighted by molar-refractivity contribution is 7.99. The lowest BCUT2D eigenvalue weighted by Crippen LogP contribution is -2.32. The average Bonchev–Trinajstić information content (AvgIpc) is 2.64. The summed E-state index contributed by atoms with van der Waals surface area (Å²) >= 11 is 3.34. The lowest BCUT2D eigenvalue weighted by Gasteiger charge is -2.19. The molecule has 0 atom stereocenters. The Kier molecular flexibility index (Phi) is 4.08. The van der Waals surface area contributed by atoms with E-state index in [0.717, 1.165) is 52.5 Å². The molecule has 0 saturated carbocycles. The first-order chi connectivity index (χ1) is 10.1. The first-order valence-electron chi connectivity index (χ1n) is 7.11. The molecule has 1 amide bonds. The maximum Gasteiger partial charge on any atom is 0.266 e. The van der Waals surface area contributed by atoms with Crippen LogP contribution in [0.1, 0.15) is 27.3 Å². The maximum atomic E-state index is 12.8. The van der Waals surface area contributed by atoms with E-state index < -0.39 is 0 Å². The molecule has 3 rings (SSSR count). The molecule has 0 unspecified atom stereocenters. The number of thiophene rings is 1. The third-order valence-electron chi connectivity index (χ3n) is 3.73. The molecule has 0 aromatic carbocycles.